The van der Waals surface area contributed by atoms with Gasteiger partial charge in [0.15, 0.2) is 0 Å². The second-order valence-electron chi connectivity index (χ2n) is 3.49. The molecule has 0 unspecified atom stereocenters. The van der Waals surface area contributed by atoms with E-state index in [2.05, 4.69) is 5.32 Å². The van der Waals surface area contributed by atoms with E-state index in [0.29, 0.717) is 6.42 Å². The Balaban J connectivity index is 2.15. The van der Waals surface area contributed by atoms with Crippen molar-refractivity contribution < 1.29 is 9.59 Å². The second kappa shape index (κ2) is 2.35. The van der Waals surface area contributed by atoms with Crippen LogP contribution in [0.25, 0.3) is 0 Å². The molecule has 3 rings (SSSR count). The number of amides is 2. The third-order valence-electron chi connectivity index (χ3n) is 2.67. The molecule has 1 atom stereocenters. The van der Waals surface area contributed by atoms with Crippen molar-refractivity contribution in [2.24, 2.45) is 0 Å². The number of nitrogens with one attached hydrogen (secondary N) is 1. The number of para-hydroxylation sites is 2. The SMILES string of the molecule is O=C1Nc2ccccc2N2C(=O)C[C@@H]12. The quantitative estimate of drug-likeness (QED) is 0.610. The highest BCUT2D eigenvalue weighted by Crippen LogP contribution is 2.37. The van der Waals surface area contributed by atoms with Crippen LogP contribution in [-0.2, 0) is 9.59 Å². The van der Waals surface area contributed by atoms with Crippen molar-refractivity contribution in [1.82, 2.24) is 0 Å². The number of anilines is 2. The van der Waals surface area contributed by atoms with Crippen LogP contribution in [0.15, 0.2) is 24.3 Å². The number of carbonyl (C=O) groups excluding carboxylic acids is 2. The molecule has 1 aromatic rings. The number of rotatable bonds is 0. The molecular formula is C10H8N2O2. The minimum atomic E-state index is -0.280. The normalized spacial score (nSPS) is 23.4. The average Bonchev–Trinajstić information content (AvgIpc) is 2.16. The lowest BCUT2D eigenvalue weighted by Crippen LogP contribution is -2.61. The maximum absolute atomic E-state index is 11.5. The van der Waals surface area contributed by atoms with E-state index >= 15 is 0 Å². The molecule has 4 nitrogen and oxygen atoms in total. The predicted octanol–water partition coefficient (Wildman–Crippen LogP) is 0.744. The van der Waals surface area contributed by atoms with E-state index in [-0.39, 0.29) is 17.9 Å². The smallest absolute Gasteiger partial charge is 0.248 e. The van der Waals surface area contributed by atoms with Gasteiger partial charge in [-0.15, -0.1) is 0 Å². The summed E-state index contributed by atoms with van der Waals surface area (Å²) in [6, 6.07) is 7.06. The van der Waals surface area contributed by atoms with Crippen molar-refractivity contribution in [1.29, 1.82) is 0 Å². The Morgan fingerprint density at radius 1 is 1.29 bits per heavy atom. The first kappa shape index (κ1) is 7.55. The van der Waals surface area contributed by atoms with Gasteiger partial charge in [0.1, 0.15) is 6.04 Å². The number of hydrogen-bond donors (Lipinski definition) is 1. The van der Waals surface area contributed by atoms with Crippen LogP contribution in [0.5, 0.6) is 0 Å². The fourth-order valence-corrected chi connectivity index (χ4v) is 1.93. The second-order valence-corrected chi connectivity index (χ2v) is 3.49. The molecule has 0 spiro atoms. The van der Waals surface area contributed by atoms with Crippen molar-refractivity contribution in [3.05, 3.63) is 24.3 Å². The molecule has 0 aromatic heterocycles. The van der Waals surface area contributed by atoms with Gasteiger partial charge in [0.2, 0.25) is 11.8 Å². The summed E-state index contributed by atoms with van der Waals surface area (Å²) in [5, 5.41) is 2.78. The molecular weight excluding hydrogens is 180 g/mol. The summed E-state index contributed by atoms with van der Waals surface area (Å²) in [5.41, 5.74) is 1.54. The molecule has 0 aliphatic carbocycles. The predicted molar refractivity (Wildman–Crippen MR) is 51.0 cm³/mol. The third-order valence-corrected chi connectivity index (χ3v) is 2.67. The Kier molecular flexibility index (Phi) is 1.27. The molecule has 1 saturated heterocycles. The molecule has 1 aromatic carbocycles. The van der Waals surface area contributed by atoms with Crippen LogP contribution < -0.4 is 10.2 Å². The van der Waals surface area contributed by atoms with E-state index in [4.69, 9.17) is 0 Å². The van der Waals surface area contributed by atoms with Gasteiger partial charge in [-0.05, 0) is 12.1 Å². The van der Waals surface area contributed by atoms with Gasteiger partial charge in [0, 0.05) is 0 Å². The molecule has 70 valence electrons. The van der Waals surface area contributed by atoms with Crippen LogP contribution in [0, 0.1) is 0 Å². The van der Waals surface area contributed by atoms with Crippen LogP contribution in [0.3, 0.4) is 0 Å². The molecule has 0 bridgehead atoms. The first-order valence-electron chi connectivity index (χ1n) is 4.49. The van der Waals surface area contributed by atoms with Gasteiger partial charge in [-0.3, -0.25) is 14.5 Å². The summed E-state index contributed by atoms with van der Waals surface area (Å²) in [5.74, 6) is -0.0550. The Morgan fingerprint density at radius 3 is 2.86 bits per heavy atom. The number of hydrogen-bond acceptors (Lipinski definition) is 2. The highest BCUT2D eigenvalue weighted by Gasteiger charge is 2.45. The van der Waals surface area contributed by atoms with E-state index in [9.17, 15) is 9.59 Å². The van der Waals surface area contributed by atoms with Gasteiger partial charge in [0.05, 0.1) is 17.8 Å². The van der Waals surface area contributed by atoms with Crippen molar-refractivity contribution in [2.75, 3.05) is 10.2 Å². The lowest BCUT2D eigenvalue weighted by molar-refractivity contribution is -0.131. The number of fused-ring (bicyclic) bond motifs is 3. The molecule has 1 fully saturated rings. The average molecular weight is 188 g/mol. The van der Waals surface area contributed by atoms with Crippen molar-refractivity contribution in [3.63, 3.8) is 0 Å². The van der Waals surface area contributed by atoms with Gasteiger partial charge in [0.25, 0.3) is 0 Å². The molecule has 14 heavy (non-hydrogen) atoms. The zero-order chi connectivity index (χ0) is 9.71. The van der Waals surface area contributed by atoms with Crippen molar-refractivity contribution >= 4 is 23.2 Å². The minimum Gasteiger partial charge on any atom is -0.322 e. The van der Waals surface area contributed by atoms with Crippen LogP contribution >= 0.6 is 0 Å². The van der Waals surface area contributed by atoms with Crippen LogP contribution in [0.1, 0.15) is 6.42 Å². The van der Waals surface area contributed by atoms with Crippen LogP contribution in [-0.4, -0.2) is 17.9 Å². The Hall–Kier alpha value is -1.84. The van der Waals surface area contributed by atoms with Gasteiger partial charge >= 0.3 is 0 Å². The lowest BCUT2D eigenvalue weighted by Gasteiger charge is -2.43. The highest BCUT2D eigenvalue weighted by atomic mass is 16.2. The first-order valence-corrected chi connectivity index (χ1v) is 4.49. The maximum Gasteiger partial charge on any atom is 0.248 e. The minimum absolute atomic E-state index is 0.0253. The highest BCUT2D eigenvalue weighted by molar-refractivity contribution is 6.18. The largest absolute Gasteiger partial charge is 0.322 e. The van der Waals surface area contributed by atoms with Crippen LogP contribution in [0.2, 0.25) is 0 Å². The van der Waals surface area contributed by atoms with Crippen molar-refractivity contribution in [2.45, 2.75) is 12.5 Å². The van der Waals surface area contributed by atoms with Gasteiger partial charge in [-0.25, -0.2) is 0 Å². The van der Waals surface area contributed by atoms with E-state index in [1.165, 1.54) is 0 Å². The van der Waals surface area contributed by atoms with E-state index in [1.54, 1.807) is 11.0 Å². The molecule has 1 N–H and O–H groups in total. The number of carbonyl (C=O) groups is 2. The molecule has 4 heteroatoms. The molecule has 2 amide bonds. The molecule has 0 saturated carbocycles. The lowest BCUT2D eigenvalue weighted by atomic mass is 9.96. The van der Waals surface area contributed by atoms with Gasteiger partial charge in [-0.2, -0.15) is 0 Å². The fraction of sp³-hybridized carbons (Fsp3) is 0.200. The monoisotopic (exact) mass is 188 g/mol. The van der Waals surface area contributed by atoms with Crippen molar-refractivity contribution in [3.8, 4) is 0 Å². The summed E-state index contributed by atoms with van der Waals surface area (Å²) in [6.07, 6.45) is 0.333. The first-order chi connectivity index (χ1) is 6.77. The van der Waals surface area contributed by atoms with Gasteiger partial charge in [-0.1, -0.05) is 12.1 Å². The molecule has 0 radical (unpaired) electrons. The topological polar surface area (TPSA) is 49.4 Å². The zero-order valence-corrected chi connectivity index (χ0v) is 7.36. The standard InChI is InChI=1S/C10H8N2O2/c13-9-5-8-10(14)11-6-3-1-2-4-7(6)12(8)9/h1-4,8H,5H2,(H,11,14)/t8-/m0/s1. The summed E-state index contributed by atoms with van der Waals surface area (Å²) in [7, 11) is 0. The van der Waals surface area contributed by atoms with Gasteiger partial charge < -0.3 is 5.32 Å². The number of β-lactam (4-membered cyclic amide) rings is 1. The van der Waals surface area contributed by atoms with E-state index < -0.39 is 0 Å². The number of benzene rings is 1. The van der Waals surface area contributed by atoms with Crippen LogP contribution in [0.4, 0.5) is 11.4 Å². The molecule has 2 aliphatic rings. The summed E-state index contributed by atoms with van der Waals surface area (Å²) >= 11 is 0. The third kappa shape index (κ3) is 0.775. The maximum atomic E-state index is 11.5. The summed E-state index contributed by atoms with van der Waals surface area (Å²) < 4.78 is 0. The Morgan fingerprint density at radius 2 is 2.07 bits per heavy atom. The van der Waals surface area contributed by atoms with E-state index in [1.807, 2.05) is 18.2 Å². The summed E-state index contributed by atoms with van der Waals surface area (Å²) in [6.45, 7) is 0. The summed E-state index contributed by atoms with van der Waals surface area (Å²) in [4.78, 5) is 24.3. The zero-order valence-electron chi connectivity index (χ0n) is 7.36. The number of nitrogens with zero attached hydrogens (tertiary/aromatic N) is 1. The van der Waals surface area contributed by atoms with E-state index in [0.717, 1.165) is 11.4 Å². The Labute approximate surface area is 80.5 Å². The molecule has 2 aliphatic heterocycles. The fourth-order valence-electron chi connectivity index (χ4n) is 1.93. The molecule has 2 heterocycles. The Bertz CT molecular complexity index is 442.